The molecule has 2 atom stereocenters. The van der Waals surface area contributed by atoms with E-state index in [4.69, 9.17) is 16.7 Å². The molecule has 1 amide bonds. The maximum atomic E-state index is 14.4. The number of aromatic nitrogens is 4. The predicted molar refractivity (Wildman–Crippen MR) is 75.9 cm³/mol. The zero-order valence-corrected chi connectivity index (χ0v) is 12.4. The third-order valence-corrected chi connectivity index (χ3v) is 4.09. The Labute approximate surface area is 128 Å². The molecule has 2 aromatic heterocycles. The number of piperidine rings is 1. The van der Waals surface area contributed by atoms with Gasteiger partial charge in [0.15, 0.2) is 5.65 Å². The van der Waals surface area contributed by atoms with Gasteiger partial charge in [0.05, 0.1) is 18.8 Å². The standard InChI is InChI=1S/C12H13ClFN5O3/c1-17-8-4-15-10(13)16-9(8)19(11(17)20)7-2-3-18(12(21)22)5-6(7)14/h4,6-7H,2-3,5H2,1H3,(H,21,22)/t6-,7+/m0/s1. The minimum Gasteiger partial charge on any atom is -0.465 e. The highest BCUT2D eigenvalue weighted by Gasteiger charge is 2.35. The van der Waals surface area contributed by atoms with Crippen LogP contribution in [0.25, 0.3) is 11.2 Å². The van der Waals surface area contributed by atoms with E-state index in [1.807, 2.05) is 0 Å². The van der Waals surface area contributed by atoms with Gasteiger partial charge < -0.3 is 10.0 Å². The van der Waals surface area contributed by atoms with Gasteiger partial charge in [0.2, 0.25) is 5.28 Å². The van der Waals surface area contributed by atoms with E-state index >= 15 is 0 Å². The number of imidazole rings is 1. The number of likely N-dealkylation sites (tertiary alicyclic amines) is 1. The Balaban J connectivity index is 2.07. The molecule has 2 aromatic rings. The average molecular weight is 330 g/mol. The van der Waals surface area contributed by atoms with Crippen molar-refractivity contribution in [1.82, 2.24) is 24.0 Å². The van der Waals surface area contributed by atoms with E-state index in [1.165, 1.54) is 22.4 Å². The first kappa shape index (κ1) is 14.8. The molecule has 0 spiro atoms. The van der Waals surface area contributed by atoms with Gasteiger partial charge >= 0.3 is 11.8 Å². The van der Waals surface area contributed by atoms with E-state index in [0.717, 1.165) is 4.90 Å². The second-order valence-electron chi connectivity index (χ2n) is 5.16. The molecule has 0 bridgehead atoms. The fourth-order valence-corrected chi connectivity index (χ4v) is 2.90. The van der Waals surface area contributed by atoms with Gasteiger partial charge in [-0.05, 0) is 18.0 Å². The summed E-state index contributed by atoms with van der Waals surface area (Å²) in [6, 6.07) is -0.780. The minimum atomic E-state index is -1.50. The average Bonchev–Trinajstić information content (AvgIpc) is 2.71. The van der Waals surface area contributed by atoms with Crippen molar-refractivity contribution >= 4 is 28.9 Å². The highest BCUT2D eigenvalue weighted by atomic mass is 35.5. The molecular weight excluding hydrogens is 317 g/mol. The third kappa shape index (κ3) is 2.21. The lowest BCUT2D eigenvalue weighted by Crippen LogP contribution is -2.46. The van der Waals surface area contributed by atoms with Crippen LogP contribution in [0.2, 0.25) is 5.28 Å². The number of hydrogen-bond acceptors (Lipinski definition) is 4. The number of carboxylic acid groups (broad SMARTS) is 1. The molecule has 3 rings (SSSR count). The second-order valence-corrected chi connectivity index (χ2v) is 5.50. The molecule has 0 aromatic carbocycles. The molecule has 1 saturated heterocycles. The third-order valence-electron chi connectivity index (χ3n) is 3.91. The summed E-state index contributed by atoms with van der Waals surface area (Å²) in [5, 5.41) is 8.89. The Bertz CT molecular complexity index is 804. The molecule has 0 radical (unpaired) electrons. The number of carbonyl (C=O) groups is 1. The second kappa shape index (κ2) is 5.24. The minimum absolute atomic E-state index is 0.0368. The molecule has 1 aliphatic heterocycles. The summed E-state index contributed by atoms with van der Waals surface area (Å²) in [6.07, 6.45) is -1.07. The van der Waals surface area contributed by atoms with Crippen LogP contribution in [0.1, 0.15) is 12.5 Å². The van der Waals surface area contributed by atoms with E-state index in [1.54, 1.807) is 0 Å². The normalized spacial score (nSPS) is 22.2. The van der Waals surface area contributed by atoms with Crippen molar-refractivity contribution in [2.75, 3.05) is 13.1 Å². The predicted octanol–water partition coefficient (Wildman–Crippen LogP) is 1.05. The highest BCUT2D eigenvalue weighted by Crippen LogP contribution is 2.27. The van der Waals surface area contributed by atoms with Crippen LogP contribution in [-0.4, -0.2) is 54.5 Å². The quantitative estimate of drug-likeness (QED) is 0.789. The molecule has 118 valence electrons. The molecule has 0 unspecified atom stereocenters. The van der Waals surface area contributed by atoms with Gasteiger partial charge in [-0.2, -0.15) is 4.98 Å². The number of halogens is 2. The van der Waals surface area contributed by atoms with Crippen molar-refractivity contribution in [3.05, 3.63) is 22.0 Å². The Kier molecular flexibility index (Phi) is 3.51. The Morgan fingerprint density at radius 2 is 2.27 bits per heavy atom. The number of fused-ring (bicyclic) bond motifs is 1. The highest BCUT2D eigenvalue weighted by molar-refractivity contribution is 6.28. The first-order chi connectivity index (χ1) is 10.4. The lowest BCUT2D eigenvalue weighted by molar-refractivity contribution is 0.0792. The summed E-state index contributed by atoms with van der Waals surface area (Å²) in [5.41, 5.74) is 0.272. The maximum absolute atomic E-state index is 14.4. The summed E-state index contributed by atoms with van der Waals surface area (Å²) < 4.78 is 17.0. The van der Waals surface area contributed by atoms with Crippen molar-refractivity contribution in [3.63, 3.8) is 0 Å². The van der Waals surface area contributed by atoms with E-state index in [2.05, 4.69) is 9.97 Å². The number of nitrogens with zero attached hydrogens (tertiary/aromatic N) is 5. The molecule has 3 heterocycles. The lowest BCUT2D eigenvalue weighted by atomic mass is 10.0. The van der Waals surface area contributed by atoms with Gasteiger partial charge in [0.1, 0.15) is 11.7 Å². The van der Waals surface area contributed by atoms with Gasteiger partial charge in [0, 0.05) is 13.6 Å². The maximum Gasteiger partial charge on any atom is 0.407 e. The summed E-state index contributed by atoms with van der Waals surface area (Å²) in [7, 11) is 1.54. The molecule has 22 heavy (non-hydrogen) atoms. The molecule has 1 aliphatic rings. The van der Waals surface area contributed by atoms with E-state index in [9.17, 15) is 14.0 Å². The number of hydrogen-bond donors (Lipinski definition) is 1. The number of aryl methyl sites for hydroxylation is 1. The SMILES string of the molecule is Cn1c(=O)n([C@@H]2CCN(C(=O)O)C[C@@H]2F)c2nc(Cl)ncc21. The lowest BCUT2D eigenvalue weighted by Gasteiger charge is -2.33. The van der Waals surface area contributed by atoms with Crippen molar-refractivity contribution in [2.45, 2.75) is 18.6 Å². The summed E-state index contributed by atoms with van der Waals surface area (Å²) in [5.74, 6) is 0. The Morgan fingerprint density at radius 3 is 2.91 bits per heavy atom. The van der Waals surface area contributed by atoms with Gasteiger partial charge in [-0.15, -0.1) is 0 Å². The monoisotopic (exact) mass is 329 g/mol. The molecular formula is C12H13ClFN5O3. The van der Waals surface area contributed by atoms with Gasteiger partial charge in [-0.25, -0.2) is 19.0 Å². The van der Waals surface area contributed by atoms with Crippen LogP contribution in [0.3, 0.4) is 0 Å². The number of alkyl halides is 1. The van der Waals surface area contributed by atoms with Crippen LogP contribution in [0.15, 0.2) is 11.0 Å². The summed E-state index contributed by atoms with van der Waals surface area (Å²) >= 11 is 5.77. The van der Waals surface area contributed by atoms with Crippen molar-refractivity contribution < 1.29 is 14.3 Å². The zero-order valence-electron chi connectivity index (χ0n) is 11.6. The van der Waals surface area contributed by atoms with E-state index in [0.29, 0.717) is 5.52 Å². The van der Waals surface area contributed by atoms with Gasteiger partial charge in [0.25, 0.3) is 0 Å². The van der Waals surface area contributed by atoms with E-state index in [-0.39, 0.29) is 30.4 Å². The zero-order chi connectivity index (χ0) is 16.0. The Hall–Kier alpha value is -2.16. The van der Waals surface area contributed by atoms with Crippen molar-refractivity contribution in [2.24, 2.45) is 7.05 Å². The number of rotatable bonds is 1. The molecule has 10 heteroatoms. The topological polar surface area (TPSA) is 93.2 Å². The van der Waals surface area contributed by atoms with Crippen molar-refractivity contribution in [3.8, 4) is 0 Å². The number of amides is 1. The smallest absolute Gasteiger partial charge is 0.407 e. The molecule has 8 nitrogen and oxygen atoms in total. The van der Waals surface area contributed by atoms with E-state index < -0.39 is 24.0 Å². The fraction of sp³-hybridized carbons (Fsp3) is 0.500. The van der Waals surface area contributed by atoms with Crippen LogP contribution in [0.5, 0.6) is 0 Å². The van der Waals surface area contributed by atoms with Crippen LogP contribution in [0, 0.1) is 0 Å². The largest absolute Gasteiger partial charge is 0.465 e. The van der Waals surface area contributed by atoms with Gasteiger partial charge in [-0.3, -0.25) is 9.13 Å². The summed E-state index contributed by atoms with van der Waals surface area (Å²) in [6.45, 7) is -0.121. The Morgan fingerprint density at radius 1 is 1.55 bits per heavy atom. The van der Waals surface area contributed by atoms with Crippen LogP contribution in [0.4, 0.5) is 9.18 Å². The molecule has 1 N–H and O–H groups in total. The van der Waals surface area contributed by atoms with Crippen LogP contribution >= 0.6 is 11.6 Å². The van der Waals surface area contributed by atoms with Crippen molar-refractivity contribution in [1.29, 1.82) is 0 Å². The van der Waals surface area contributed by atoms with Crippen LogP contribution < -0.4 is 5.69 Å². The van der Waals surface area contributed by atoms with Crippen LogP contribution in [-0.2, 0) is 7.05 Å². The molecule has 1 fully saturated rings. The van der Waals surface area contributed by atoms with Gasteiger partial charge in [-0.1, -0.05) is 0 Å². The molecule has 0 aliphatic carbocycles. The first-order valence-corrected chi connectivity index (χ1v) is 6.99. The fourth-order valence-electron chi connectivity index (χ4n) is 2.77. The molecule has 0 saturated carbocycles. The first-order valence-electron chi connectivity index (χ1n) is 6.61. The summed E-state index contributed by atoms with van der Waals surface area (Å²) in [4.78, 5) is 32.1.